The summed E-state index contributed by atoms with van der Waals surface area (Å²) < 4.78 is 13.5. The highest BCUT2D eigenvalue weighted by atomic mass is 16.5. The smallest absolute Gasteiger partial charge is 0.251 e. The summed E-state index contributed by atoms with van der Waals surface area (Å²) in [5.41, 5.74) is 4.86. The van der Waals surface area contributed by atoms with E-state index in [0.29, 0.717) is 24.2 Å². The predicted molar refractivity (Wildman–Crippen MR) is 128 cm³/mol. The van der Waals surface area contributed by atoms with Crippen LogP contribution < -0.4 is 10.2 Å². The molecule has 5 rings (SSSR count). The molecule has 33 heavy (non-hydrogen) atoms. The summed E-state index contributed by atoms with van der Waals surface area (Å²) in [7, 11) is 4.06. The molecule has 1 aliphatic rings. The molecule has 0 amide bonds. The van der Waals surface area contributed by atoms with Crippen molar-refractivity contribution in [2.24, 2.45) is 0 Å². The molecule has 3 aromatic heterocycles. The first-order chi connectivity index (χ1) is 16.1. The fraction of sp³-hybridized carbons (Fsp3) is 0.417. The fourth-order valence-electron chi connectivity index (χ4n) is 4.14. The molecular weight excluding hydrogens is 418 g/mol. The SMILES string of the molecule is CCn1ncc2c(NC3CCOCC3)c(-c3nnc(Cc4ccc(N(C)C)cc4)o3)cnc21. The number of fused-ring (bicyclic) bond motifs is 1. The van der Waals surface area contributed by atoms with Crippen molar-refractivity contribution in [3.63, 3.8) is 0 Å². The number of aromatic nitrogens is 5. The Hall–Kier alpha value is -3.46. The number of nitrogens with zero attached hydrogens (tertiary/aromatic N) is 6. The minimum Gasteiger partial charge on any atom is -0.420 e. The van der Waals surface area contributed by atoms with E-state index in [0.717, 1.165) is 66.1 Å². The van der Waals surface area contributed by atoms with Gasteiger partial charge >= 0.3 is 0 Å². The molecule has 1 saturated heterocycles. The zero-order chi connectivity index (χ0) is 22.8. The number of nitrogens with one attached hydrogen (secondary N) is 1. The Morgan fingerprint density at radius 2 is 1.88 bits per heavy atom. The van der Waals surface area contributed by atoms with Gasteiger partial charge in [-0.2, -0.15) is 5.10 Å². The van der Waals surface area contributed by atoms with Crippen LogP contribution in [0.15, 0.2) is 41.1 Å². The zero-order valence-electron chi connectivity index (χ0n) is 19.3. The van der Waals surface area contributed by atoms with Gasteiger partial charge in [0.05, 0.1) is 29.3 Å². The summed E-state index contributed by atoms with van der Waals surface area (Å²) in [6.45, 7) is 4.33. The van der Waals surface area contributed by atoms with Gasteiger partial charge in [0.2, 0.25) is 5.89 Å². The molecule has 0 bridgehead atoms. The second-order valence-electron chi connectivity index (χ2n) is 8.51. The van der Waals surface area contributed by atoms with E-state index in [-0.39, 0.29) is 0 Å². The number of rotatable bonds is 7. The number of hydrogen-bond acceptors (Lipinski definition) is 8. The van der Waals surface area contributed by atoms with Crippen molar-refractivity contribution >= 4 is 22.4 Å². The normalized spacial score (nSPS) is 14.6. The van der Waals surface area contributed by atoms with E-state index in [9.17, 15) is 0 Å². The molecule has 9 heteroatoms. The van der Waals surface area contributed by atoms with Crippen molar-refractivity contribution in [3.05, 3.63) is 48.1 Å². The Morgan fingerprint density at radius 1 is 1.09 bits per heavy atom. The molecule has 9 nitrogen and oxygen atoms in total. The van der Waals surface area contributed by atoms with Crippen molar-refractivity contribution < 1.29 is 9.15 Å². The Morgan fingerprint density at radius 3 is 2.61 bits per heavy atom. The number of benzene rings is 1. The lowest BCUT2D eigenvalue weighted by atomic mass is 10.1. The summed E-state index contributed by atoms with van der Waals surface area (Å²) in [5.74, 6) is 1.03. The van der Waals surface area contributed by atoms with Crippen LogP contribution in [0, 0.1) is 0 Å². The molecule has 0 atom stereocenters. The molecule has 1 aromatic carbocycles. The van der Waals surface area contributed by atoms with E-state index in [1.165, 1.54) is 0 Å². The Balaban J connectivity index is 1.46. The van der Waals surface area contributed by atoms with Crippen molar-refractivity contribution in [3.8, 4) is 11.5 Å². The summed E-state index contributed by atoms with van der Waals surface area (Å²) in [4.78, 5) is 6.74. The highest BCUT2D eigenvalue weighted by Gasteiger charge is 2.22. The van der Waals surface area contributed by atoms with E-state index < -0.39 is 0 Å². The lowest BCUT2D eigenvalue weighted by Gasteiger charge is -2.25. The van der Waals surface area contributed by atoms with Gasteiger partial charge in [0.1, 0.15) is 0 Å². The monoisotopic (exact) mass is 447 g/mol. The largest absolute Gasteiger partial charge is 0.420 e. The Labute approximate surface area is 192 Å². The quantitative estimate of drug-likeness (QED) is 0.458. The summed E-state index contributed by atoms with van der Waals surface area (Å²) in [5, 5.41) is 17.8. The molecule has 0 unspecified atom stereocenters. The molecule has 1 fully saturated rings. The number of aryl methyl sites for hydroxylation is 1. The highest BCUT2D eigenvalue weighted by Crippen LogP contribution is 2.34. The van der Waals surface area contributed by atoms with Gasteiger partial charge in [0.25, 0.3) is 5.89 Å². The van der Waals surface area contributed by atoms with Gasteiger partial charge in [-0.1, -0.05) is 12.1 Å². The molecule has 4 aromatic rings. The second-order valence-corrected chi connectivity index (χ2v) is 8.51. The molecule has 4 heterocycles. The summed E-state index contributed by atoms with van der Waals surface area (Å²) in [6.07, 6.45) is 6.14. The second kappa shape index (κ2) is 9.19. The number of hydrogen-bond donors (Lipinski definition) is 1. The van der Waals surface area contributed by atoms with Gasteiger partial charge in [0, 0.05) is 51.8 Å². The highest BCUT2D eigenvalue weighted by molar-refractivity contribution is 5.96. The third-order valence-electron chi connectivity index (χ3n) is 6.04. The van der Waals surface area contributed by atoms with Crippen molar-refractivity contribution in [2.45, 2.75) is 38.8 Å². The van der Waals surface area contributed by atoms with Crippen LogP contribution in [0.2, 0.25) is 0 Å². The minimum absolute atomic E-state index is 0.311. The van der Waals surface area contributed by atoms with Crippen LogP contribution in [0.3, 0.4) is 0 Å². The summed E-state index contributed by atoms with van der Waals surface area (Å²) in [6, 6.07) is 8.66. The molecule has 0 spiro atoms. The lowest BCUT2D eigenvalue weighted by Crippen LogP contribution is -2.28. The maximum Gasteiger partial charge on any atom is 0.251 e. The topological polar surface area (TPSA) is 94.1 Å². The van der Waals surface area contributed by atoms with Gasteiger partial charge in [0.15, 0.2) is 5.65 Å². The van der Waals surface area contributed by atoms with E-state index in [1.54, 1.807) is 6.20 Å². The first kappa shape index (κ1) is 21.4. The third kappa shape index (κ3) is 4.41. The molecule has 0 radical (unpaired) electrons. The first-order valence-corrected chi connectivity index (χ1v) is 11.4. The number of pyridine rings is 1. The van der Waals surface area contributed by atoms with E-state index in [2.05, 4.69) is 61.7 Å². The van der Waals surface area contributed by atoms with E-state index in [4.69, 9.17) is 9.15 Å². The zero-order valence-corrected chi connectivity index (χ0v) is 19.3. The van der Waals surface area contributed by atoms with Crippen molar-refractivity contribution in [1.82, 2.24) is 25.0 Å². The van der Waals surface area contributed by atoms with Gasteiger partial charge in [-0.05, 0) is 37.5 Å². The fourth-order valence-corrected chi connectivity index (χ4v) is 4.14. The average Bonchev–Trinajstić information content (AvgIpc) is 3.47. The van der Waals surface area contributed by atoms with Gasteiger partial charge < -0.3 is 19.4 Å². The van der Waals surface area contributed by atoms with Crippen LogP contribution >= 0.6 is 0 Å². The average molecular weight is 448 g/mol. The van der Waals surface area contributed by atoms with E-state index in [1.807, 2.05) is 25.0 Å². The summed E-state index contributed by atoms with van der Waals surface area (Å²) >= 11 is 0. The van der Waals surface area contributed by atoms with Crippen LogP contribution in [-0.2, 0) is 17.7 Å². The van der Waals surface area contributed by atoms with Crippen LogP contribution in [0.1, 0.15) is 31.2 Å². The van der Waals surface area contributed by atoms with Gasteiger partial charge in [-0.25, -0.2) is 9.67 Å². The third-order valence-corrected chi connectivity index (χ3v) is 6.04. The molecule has 1 N–H and O–H groups in total. The van der Waals surface area contributed by atoms with Crippen LogP contribution in [0.5, 0.6) is 0 Å². The van der Waals surface area contributed by atoms with Crippen molar-refractivity contribution in [1.29, 1.82) is 0 Å². The van der Waals surface area contributed by atoms with Crippen LogP contribution in [-0.4, -0.2) is 58.3 Å². The predicted octanol–water partition coefficient (Wildman–Crippen LogP) is 3.75. The Kier molecular flexibility index (Phi) is 5.95. The molecule has 1 aliphatic heterocycles. The minimum atomic E-state index is 0.311. The number of ether oxygens (including phenoxy) is 1. The van der Waals surface area contributed by atoms with Crippen molar-refractivity contribution in [2.75, 3.05) is 37.5 Å². The Bertz CT molecular complexity index is 1220. The van der Waals surface area contributed by atoms with Crippen LogP contribution in [0.25, 0.3) is 22.5 Å². The first-order valence-electron chi connectivity index (χ1n) is 11.4. The maximum absolute atomic E-state index is 6.10. The maximum atomic E-state index is 6.10. The lowest BCUT2D eigenvalue weighted by molar-refractivity contribution is 0.0905. The van der Waals surface area contributed by atoms with E-state index >= 15 is 0 Å². The number of anilines is 2. The molecule has 172 valence electrons. The molecule has 0 saturated carbocycles. The van der Waals surface area contributed by atoms with Gasteiger partial charge in [-0.3, -0.25) is 0 Å². The molecule has 0 aliphatic carbocycles. The van der Waals surface area contributed by atoms with Crippen LogP contribution in [0.4, 0.5) is 11.4 Å². The standard InChI is InChI=1S/C24H29N7O2/c1-4-31-23-19(15-26-31)22(27-17-9-11-32-12-10-17)20(14-25-23)24-29-28-21(33-24)13-16-5-7-18(8-6-16)30(2)3/h5-8,14-15,17H,4,9-13H2,1-3H3,(H,25,27). The molecular formula is C24H29N7O2. The van der Waals surface area contributed by atoms with Gasteiger partial charge in [-0.15, -0.1) is 10.2 Å².